The summed E-state index contributed by atoms with van der Waals surface area (Å²) in [6.45, 7) is 5.09. The third-order valence-electron chi connectivity index (χ3n) is 21.4. The highest BCUT2D eigenvalue weighted by atomic mass is 31.2. The van der Waals surface area contributed by atoms with E-state index in [1.165, 1.54) is 327 Å². The van der Waals surface area contributed by atoms with Gasteiger partial charge in [-0.1, -0.05) is 445 Å². The normalized spacial score (nSPS) is 13.6. The van der Waals surface area contributed by atoms with Crippen LogP contribution < -0.4 is 0 Å². The number of aliphatic hydroxyl groups excluding tert-OH is 1. The number of rotatable bonds is 91. The van der Waals surface area contributed by atoms with Gasteiger partial charge < -0.3 is 33.8 Å². The van der Waals surface area contributed by atoms with Gasteiger partial charge >= 0.3 is 39.5 Å². The lowest BCUT2D eigenvalue weighted by Gasteiger charge is -2.21. The zero-order valence-corrected chi connectivity index (χ0v) is 73.3. The van der Waals surface area contributed by atoms with Gasteiger partial charge in [-0.05, 0) is 25.7 Å². The molecule has 0 rings (SSSR count). The molecule has 0 fully saturated rings. The molecular formula is C90H176O17P2. The molecule has 0 aliphatic heterocycles. The first kappa shape index (κ1) is 107. The number of unbranched alkanes of at least 4 members (excludes halogenated alkanes) is 65. The monoisotopic (exact) mass is 1590 g/mol. The zero-order valence-electron chi connectivity index (χ0n) is 71.5. The van der Waals surface area contributed by atoms with Gasteiger partial charge in [-0.2, -0.15) is 0 Å². The SMILES string of the molecule is CCCCCCCCCCCCCCCCCCCCCCC(=O)OC[C@H](COP(=O)(O)OC[C@@H](O)COP(=O)(O)OC[C@@H](COC(=O)CCCCCCCCCCCCCC)OC(=O)CCCCCCCCCCCCCCCCCCC)OC(=O)CCCCCCCCCCCCCCCCCCCCCC. The van der Waals surface area contributed by atoms with Crippen molar-refractivity contribution in [3.8, 4) is 0 Å². The highest BCUT2D eigenvalue weighted by molar-refractivity contribution is 7.47. The molecule has 0 saturated carbocycles. The number of phosphoric acid groups is 2. The number of carbonyl (C=O) groups is 4. The van der Waals surface area contributed by atoms with E-state index in [1.807, 2.05) is 0 Å². The number of aliphatic hydroxyl groups is 1. The Labute approximate surface area is 670 Å². The molecule has 109 heavy (non-hydrogen) atoms. The van der Waals surface area contributed by atoms with E-state index in [2.05, 4.69) is 27.7 Å². The van der Waals surface area contributed by atoms with Crippen LogP contribution in [0.5, 0.6) is 0 Å². The Kier molecular flexibility index (Phi) is 82.5. The molecule has 0 aromatic rings. The predicted molar refractivity (Wildman–Crippen MR) is 451 cm³/mol. The Morgan fingerprint density at radius 1 is 0.220 bits per heavy atom. The second-order valence-corrected chi connectivity index (χ2v) is 35.3. The van der Waals surface area contributed by atoms with E-state index in [-0.39, 0.29) is 25.7 Å². The lowest BCUT2D eigenvalue weighted by atomic mass is 10.0. The largest absolute Gasteiger partial charge is 0.472 e. The van der Waals surface area contributed by atoms with E-state index >= 15 is 0 Å². The highest BCUT2D eigenvalue weighted by Gasteiger charge is 2.30. The van der Waals surface area contributed by atoms with Crippen LogP contribution >= 0.6 is 15.6 Å². The molecule has 5 atom stereocenters. The van der Waals surface area contributed by atoms with Crippen molar-refractivity contribution in [2.45, 2.75) is 515 Å². The molecule has 0 aromatic heterocycles. The molecule has 0 bridgehead atoms. The van der Waals surface area contributed by atoms with Crippen LogP contribution in [0.15, 0.2) is 0 Å². The summed E-state index contributed by atoms with van der Waals surface area (Å²) in [4.78, 5) is 73.4. The van der Waals surface area contributed by atoms with Crippen LogP contribution in [0.1, 0.15) is 496 Å². The van der Waals surface area contributed by atoms with Gasteiger partial charge in [-0.3, -0.25) is 37.3 Å². The maximum absolute atomic E-state index is 13.2. The fourth-order valence-electron chi connectivity index (χ4n) is 14.2. The summed E-state index contributed by atoms with van der Waals surface area (Å²) >= 11 is 0. The van der Waals surface area contributed by atoms with Gasteiger partial charge in [0.2, 0.25) is 0 Å². The Hall–Kier alpha value is -1.94. The molecule has 2 unspecified atom stereocenters. The first-order valence-corrected chi connectivity index (χ1v) is 49.8. The summed E-state index contributed by atoms with van der Waals surface area (Å²) in [7, 11) is -9.93. The fraction of sp³-hybridized carbons (Fsp3) is 0.956. The molecule has 0 aliphatic rings. The first-order chi connectivity index (χ1) is 53.2. The van der Waals surface area contributed by atoms with E-state index in [0.717, 1.165) is 89.9 Å². The quantitative estimate of drug-likeness (QED) is 0.0222. The van der Waals surface area contributed by atoms with Gasteiger partial charge in [-0.25, -0.2) is 9.13 Å². The third kappa shape index (κ3) is 83.8. The second kappa shape index (κ2) is 84.0. The number of hydrogen-bond donors (Lipinski definition) is 3. The standard InChI is InChI=1S/C90H176O17P2/c1-5-9-13-17-21-25-29-33-36-39-41-43-46-48-51-55-59-63-67-71-75-88(93)101-81-86(107-90(95)77-73-69-65-61-57-53-50-47-44-42-40-37-34-30-26-22-18-14-10-6-2)83-105-109(98,99)103-79-84(91)78-102-108(96,97)104-82-85(80-100-87(92)74-70-66-62-58-54-32-28-24-20-16-12-8-4)106-89(94)76-72-68-64-60-56-52-49-45-38-35-31-27-23-19-15-11-7-3/h84-86,91H,5-83H2,1-4H3,(H,96,97)(H,98,99)/t84-,85+,86+/m0/s1. The summed E-state index contributed by atoms with van der Waals surface area (Å²) < 4.78 is 69.1. The summed E-state index contributed by atoms with van der Waals surface area (Å²) in [6.07, 6.45) is 80.6. The minimum atomic E-state index is -4.97. The van der Waals surface area contributed by atoms with Crippen LogP contribution in [0.3, 0.4) is 0 Å². The second-order valence-electron chi connectivity index (χ2n) is 32.3. The Balaban J connectivity index is 5.24. The molecule has 0 aromatic carbocycles. The summed E-state index contributed by atoms with van der Waals surface area (Å²) in [5, 5.41) is 10.7. The molecule has 0 saturated heterocycles. The van der Waals surface area contributed by atoms with Crippen LogP contribution in [0.2, 0.25) is 0 Å². The molecule has 0 aliphatic carbocycles. The van der Waals surface area contributed by atoms with E-state index in [9.17, 15) is 43.2 Å². The molecule has 17 nitrogen and oxygen atoms in total. The summed E-state index contributed by atoms with van der Waals surface area (Å²) in [5.74, 6) is -2.09. The first-order valence-electron chi connectivity index (χ1n) is 46.8. The molecule has 0 heterocycles. The van der Waals surface area contributed by atoms with Crippen LogP contribution in [0, 0.1) is 0 Å². The molecule has 648 valence electrons. The molecule has 0 spiro atoms. The lowest BCUT2D eigenvalue weighted by Crippen LogP contribution is -2.30. The van der Waals surface area contributed by atoms with Crippen LogP contribution in [-0.4, -0.2) is 96.7 Å². The van der Waals surface area contributed by atoms with Gasteiger partial charge in [0, 0.05) is 25.7 Å². The Bertz CT molecular complexity index is 2050. The smallest absolute Gasteiger partial charge is 0.462 e. The number of hydrogen-bond acceptors (Lipinski definition) is 15. The zero-order chi connectivity index (χ0) is 79.6. The lowest BCUT2D eigenvalue weighted by molar-refractivity contribution is -0.161. The molecule has 0 radical (unpaired) electrons. The number of esters is 4. The maximum atomic E-state index is 13.2. The molecule has 19 heteroatoms. The number of ether oxygens (including phenoxy) is 4. The van der Waals surface area contributed by atoms with Crippen LogP contribution in [-0.2, 0) is 65.4 Å². The predicted octanol–water partition coefficient (Wildman–Crippen LogP) is 28.1. The summed E-state index contributed by atoms with van der Waals surface area (Å²) in [6, 6.07) is 0. The van der Waals surface area contributed by atoms with Gasteiger partial charge in [0.1, 0.15) is 19.3 Å². The molecule has 3 N–H and O–H groups in total. The van der Waals surface area contributed by atoms with Crippen molar-refractivity contribution in [2.75, 3.05) is 39.6 Å². The van der Waals surface area contributed by atoms with Crippen molar-refractivity contribution < 1.29 is 80.2 Å². The van der Waals surface area contributed by atoms with Crippen LogP contribution in [0.4, 0.5) is 0 Å². The van der Waals surface area contributed by atoms with Crippen molar-refractivity contribution in [1.29, 1.82) is 0 Å². The fourth-order valence-corrected chi connectivity index (χ4v) is 15.8. The third-order valence-corrected chi connectivity index (χ3v) is 23.3. The number of carbonyl (C=O) groups excluding carboxylic acids is 4. The van der Waals surface area contributed by atoms with E-state index in [1.54, 1.807) is 0 Å². The average molecular weight is 1590 g/mol. The topological polar surface area (TPSA) is 237 Å². The maximum Gasteiger partial charge on any atom is 0.472 e. The molecular weight excluding hydrogens is 1410 g/mol. The minimum Gasteiger partial charge on any atom is -0.462 e. The van der Waals surface area contributed by atoms with Crippen molar-refractivity contribution >= 4 is 39.5 Å². The summed E-state index contributed by atoms with van der Waals surface area (Å²) in [5.41, 5.74) is 0. The van der Waals surface area contributed by atoms with Crippen LogP contribution in [0.25, 0.3) is 0 Å². The van der Waals surface area contributed by atoms with E-state index in [4.69, 9.17) is 37.0 Å². The number of phosphoric ester groups is 2. The minimum absolute atomic E-state index is 0.110. The average Bonchev–Trinajstić information content (AvgIpc) is 0.893. The van der Waals surface area contributed by atoms with Gasteiger partial charge in [0.25, 0.3) is 0 Å². The van der Waals surface area contributed by atoms with Gasteiger partial charge in [0.05, 0.1) is 26.4 Å². The van der Waals surface area contributed by atoms with Gasteiger partial charge in [-0.15, -0.1) is 0 Å². The van der Waals surface area contributed by atoms with Crippen molar-refractivity contribution in [1.82, 2.24) is 0 Å². The Morgan fingerprint density at radius 2 is 0.367 bits per heavy atom. The van der Waals surface area contributed by atoms with E-state index in [0.29, 0.717) is 25.7 Å². The van der Waals surface area contributed by atoms with Gasteiger partial charge in [0.15, 0.2) is 12.2 Å². The molecule has 0 amide bonds. The van der Waals surface area contributed by atoms with Crippen molar-refractivity contribution in [2.24, 2.45) is 0 Å². The van der Waals surface area contributed by atoms with Crippen molar-refractivity contribution in [3.63, 3.8) is 0 Å². The Morgan fingerprint density at radius 3 is 0.541 bits per heavy atom. The van der Waals surface area contributed by atoms with Crippen molar-refractivity contribution in [3.05, 3.63) is 0 Å². The van der Waals surface area contributed by atoms with E-state index < -0.39 is 97.5 Å². The highest BCUT2D eigenvalue weighted by Crippen LogP contribution is 2.45.